The summed E-state index contributed by atoms with van der Waals surface area (Å²) in [5, 5.41) is 3.55. The van der Waals surface area contributed by atoms with Gasteiger partial charge < -0.3 is 10.2 Å². The van der Waals surface area contributed by atoms with Gasteiger partial charge in [-0.25, -0.2) is 0 Å². The Hall–Kier alpha value is -2.69. The first-order valence-electron chi connectivity index (χ1n) is 9.79. The third-order valence-electron chi connectivity index (χ3n) is 4.70. The molecule has 0 atom stereocenters. The molecule has 2 aromatic carbocycles. The number of benzene rings is 2. The zero-order valence-electron chi connectivity index (χ0n) is 16.9. The van der Waals surface area contributed by atoms with Gasteiger partial charge in [0.1, 0.15) is 0 Å². The molecule has 0 unspecified atom stereocenters. The molecule has 5 heteroatoms. The average molecular weight is 408 g/mol. The first kappa shape index (κ1) is 21.0. The highest BCUT2D eigenvalue weighted by Gasteiger charge is 2.10. The lowest BCUT2D eigenvalue weighted by atomic mass is 10.1. The highest BCUT2D eigenvalue weighted by Crippen LogP contribution is 2.29. The Morgan fingerprint density at radius 2 is 1.83 bits per heavy atom. The van der Waals surface area contributed by atoms with E-state index in [4.69, 9.17) is 11.6 Å². The molecule has 0 radical (unpaired) electrons. The van der Waals surface area contributed by atoms with Crippen molar-refractivity contribution < 1.29 is 4.79 Å². The van der Waals surface area contributed by atoms with Gasteiger partial charge in [-0.3, -0.25) is 9.78 Å². The summed E-state index contributed by atoms with van der Waals surface area (Å²) in [5.41, 5.74) is 4.14. The average Bonchev–Trinajstić information content (AvgIpc) is 2.73. The van der Waals surface area contributed by atoms with Crippen LogP contribution in [0.4, 0.5) is 5.69 Å². The summed E-state index contributed by atoms with van der Waals surface area (Å²) in [5.74, 6) is -0.140. The quantitative estimate of drug-likeness (QED) is 0.498. The van der Waals surface area contributed by atoms with Crippen LogP contribution < -0.4 is 5.32 Å². The second-order valence-electron chi connectivity index (χ2n) is 7.32. The van der Waals surface area contributed by atoms with Crippen molar-refractivity contribution >= 4 is 23.2 Å². The fourth-order valence-corrected chi connectivity index (χ4v) is 3.32. The van der Waals surface area contributed by atoms with Crippen molar-refractivity contribution in [2.24, 2.45) is 0 Å². The number of carbonyl (C=O) groups excluding carboxylic acids is 1. The minimum Gasteiger partial charge on any atom is -0.322 e. The molecule has 0 aliphatic heterocycles. The van der Waals surface area contributed by atoms with Crippen molar-refractivity contribution in [1.82, 2.24) is 9.88 Å². The number of nitrogens with one attached hydrogen (secondary N) is 1. The lowest BCUT2D eigenvalue weighted by Crippen LogP contribution is -2.13. The highest BCUT2D eigenvalue weighted by atomic mass is 35.5. The minimum atomic E-state index is -0.140. The Morgan fingerprint density at radius 1 is 1.03 bits per heavy atom. The van der Waals surface area contributed by atoms with Crippen LogP contribution in [0.1, 0.15) is 28.8 Å². The number of aryl methyl sites for hydroxylation is 1. The molecule has 29 heavy (non-hydrogen) atoms. The van der Waals surface area contributed by atoms with E-state index in [0.717, 1.165) is 30.6 Å². The SMILES string of the molecule is CN(C)CCCCc1ccc(C(=O)Nc2ccc(Cl)c(-c3ccccn3)c2)cc1. The number of amides is 1. The van der Waals surface area contributed by atoms with Gasteiger partial charge in [-0.2, -0.15) is 0 Å². The third kappa shape index (κ3) is 6.14. The molecule has 3 rings (SSSR count). The number of halogens is 1. The van der Waals surface area contributed by atoms with Gasteiger partial charge >= 0.3 is 0 Å². The van der Waals surface area contributed by atoms with Crippen molar-refractivity contribution in [2.75, 3.05) is 26.0 Å². The molecular formula is C24H26ClN3O. The van der Waals surface area contributed by atoms with E-state index in [0.29, 0.717) is 16.3 Å². The molecule has 0 spiro atoms. The Kier molecular flexibility index (Phi) is 7.39. The van der Waals surface area contributed by atoms with Crippen LogP contribution in [0.5, 0.6) is 0 Å². The second kappa shape index (κ2) is 10.2. The van der Waals surface area contributed by atoms with Crippen LogP contribution in [0.3, 0.4) is 0 Å². The number of aromatic nitrogens is 1. The summed E-state index contributed by atoms with van der Waals surface area (Å²) in [6, 6.07) is 18.9. The Balaban J connectivity index is 1.63. The molecule has 0 aliphatic rings. The van der Waals surface area contributed by atoms with Gasteiger partial charge in [0.2, 0.25) is 0 Å². The van der Waals surface area contributed by atoms with E-state index in [1.54, 1.807) is 18.3 Å². The summed E-state index contributed by atoms with van der Waals surface area (Å²) < 4.78 is 0. The summed E-state index contributed by atoms with van der Waals surface area (Å²) in [4.78, 5) is 19.2. The smallest absolute Gasteiger partial charge is 0.255 e. The van der Waals surface area contributed by atoms with Crippen LogP contribution in [0, 0.1) is 0 Å². The van der Waals surface area contributed by atoms with E-state index in [1.165, 1.54) is 12.0 Å². The predicted octanol–water partition coefficient (Wildman–Crippen LogP) is 5.54. The van der Waals surface area contributed by atoms with Crippen LogP contribution in [0.2, 0.25) is 5.02 Å². The van der Waals surface area contributed by atoms with Gasteiger partial charge in [-0.05, 0) is 87.9 Å². The fourth-order valence-electron chi connectivity index (χ4n) is 3.10. The number of carbonyl (C=O) groups is 1. The molecule has 0 aliphatic carbocycles. The summed E-state index contributed by atoms with van der Waals surface area (Å²) in [6.45, 7) is 1.10. The first-order chi connectivity index (χ1) is 14.0. The number of anilines is 1. The van der Waals surface area contributed by atoms with E-state index in [9.17, 15) is 4.79 Å². The van der Waals surface area contributed by atoms with Crippen molar-refractivity contribution in [3.8, 4) is 11.3 Å². The molecule has 1 heterocycles. The summed E-state index contributed by atoms with van der Waals surface area (Å²) >= 11 is 6.32. The van der Waals surface area contributed by atoms with Crippen LogP contribution >= 0.6 is 11.6 Å². The monoisotopic (exact) mass is 407 g/mol. The predicted molar refractivity (Wildman–Crippen MR) is 121 cm³/mol. The molecule has 150 valence electrons. The molecule has 4 nitrogen and oxygen atoms in total. The largest absolute Gasteiger partial charge is 0.322 e. The minimum absolute atomic E-state index is 0.140. The van der Waals surface area contributed by atoms with Crippen LogP contribution in [-0.4, -0.2) is 36.4 Å². The molecule has 3 aromatic rings. The Bertz CT molecular complexity index is 940. The van der Waals surface area contributed by atoms with E-state index in [2.05, 4.69) is 29.3 Å². The summed E-state index contributed by atoms with van der Waals surface area (Å²) in [6.07, 6.45) is 5.06. The maximum Gasteiger partial charge on any atom is 0.255 e. The molecule has 1 aromatic heterocycles. The molecule has 0 bridgehead atoms. The van der Waals surface area contributed by atoms with Gasteiger partial charge in [0, 0.05) is 23.0 Å². The summed E-state index contributed by atoms with van der Waals surface area (Å²) in [7, 11) is 4.18. The molecule has 1 amide bonds. The number of unbranched alkanes of at least 4 members (excludes halogenated alkanes) is 1. The van der Waals surface area contributed by atoms with Crippen molar-refractivity contribution in [2.45, 2.75) is 19.3 Å². The van der Waals surface area contributed by atoms with Crippen molar-refractivity contribution in [3.63, 3.8) is 0 Å². The zero-order chi connectivity index (χ0) is 20.6. The lowest BCUT2D eigenvalue weighted by molar-refractivity contribution is 0.102. The number of hydrogen-bond acceptors (Lipinski definition) is 3. The third-order valence-corrected chi connectivity index (χ3v) is 5.03. The molecule has 0 saturated heterocycles. The van der Waals surface area contributed by atoms with E-state index >= 15 is 0 Å². The zero-order valence-corrected chi connectivity index (χ0v) is 17.6. The van der Waals surface area contributed by atoms with E-state index in [-0.39, 0.29) is 5.91 Å². The molecule has 0 fully saturated rings. The maximum absolute atomic E-state index is 12.6. The van der Waals surface area contributed by atoms with Crippen LogP contribution in [0.25, 0.3) is 11.3 Å². The number of rotatable bonds is 8. The normalized spacial score (nSPS) is 10.9. The van der Waals surface area contributed by atoms with Crippen LogP contribution in [-0.2, 0) is 6.42 Å². The molecular weight excluding hydrogens is 382 g/mol. The van der Waals surface area contributed by atoms with Gasteiger partial charge in [-0.1, -0.05) is 29.8 Å². The second-order valence-corrected chi connectivity index (χ2v) is 7.73. The Labute approximate surface area is 177 Å². The molecule has 0 saturated carbocycles. The fraction of sp³-hybridized carbons (Fsp3) is 0.250. The van der Waals surface area contributed by atoms with Crippen molar-refractivity contribution in [3.05, 3.63) is 83.0 Å². The topological polar surface area (TPSA) is 45.2 Å². The number of pyridine rings is 1. The van der Waals surface area contributed by atoms with Crippen molar-refractivity contribution in [1.29, 1.82) is 0 Å². The first-order valence-corrected chi connectivity index (χ1v) is 10.2. The van der Waals surface area contributed by atoms with Gasteiger partial charge in [0.25, 0.3) is 5.91 Å². The van der Waals surface area contributed by atoms with Gasteiger partial charge in [0.15, 0.2) is 0 Å². The molecule has 1 N–H and O–H groups in total. The lowest BCUT2D eigenvalue weighted by Gasteiger charge is -2.10. The highest BCUT2D eigenvalue weighted by molar-refractivity contribution is 6.33. The van der Waals surface area contributed by atoms with Gasteiger partial charge in [-0.15, -0.1) is 0 Å². The Morgan fingerprint density at radius 3 is 2.52 bits per heavy atom. The number of hydrogen-bond donors (Lipinski definition) is 1. The van der Waals surface area contributed by atoms with Crippen LogP contribution in [0.15, 0.2) is 66.9 Å². The maximum atomic E-state index is 12.6. The van der Waals surface area contributed by atoms with E-state index < -0.39 is 0 Å². The number of nitrogens with zero attached hydrogens (tertiary/aromatic N) is 2. The standard InChI is InChI=1S/C24H26ClN3O/c1-28(2)16-6-4-7-18-9-11-19(12-10-18)24(29)27-20-13-14-22(25)21(17-20)23-8-3-5-15-26-23/h3,5,8-15,17H,4,6-7,16H2,1-2H3,(H,27,29). The van der Waals surface area contributed by atoms with Gasteiger partial charge in [0.05, 0.1) is 10.7 Å². The van der Waals surface area contributed by atoms with E-state index in [1.807, 2.05) is 48.5 Å².